The number of rotatable bonds is 8. The van der Waals surface area contributed by atoms with E-state index in [4.69, 9.17) is 9.97 Å². The standard InChI is InChI=1S/C35H40N4O4/c1-8-11-12-23-19(6)27-14-25-17(4)21(9-2)29(36-25)15-26-18(5)22(10-3)30(37-26)16-28-20(7)32(35(42)43)34(39-28)24(13-31(40)41)33(23)38-27/h9,14-16,19,23,36-37H,2,8,10-13H2,1,3-7H3,(H,40,41)(H,42,43)/t19-,23-/m0/s1. The van der Waals surface area contributed by atoms with E-state index in [1.54, 1.807) is 6.92 Å². The van der Waals surface area contributed by atoms with Gasteiger partial charge in [0.1, 0.15) is 0 Å². The Balaban J connectivity index is 2.04. The third kappa shape index (κ3) is 5.19. The Morgan fingerprint density at radius 3 is 2.28 bits per heavy atom. The van der Waals surface area contributed by atoms with Gasteiger partial charge in [0.25, 0.3) is 0 Å². The lowest BCUT2D eigenvalue weighted by molar-refractivity contribution is -0.136. The summed E-state index contributed by atoms with van der Waals surface area (Å²) in [6.07, 6.45) is 4.98. The van der Waals surface area contributed by atoms with Crippen molar-refractivity contribution in [1.29, 1.82) is 0 Å². The zero-order chi connectivity index (χ0) is 31.2. The van der Waals surface area contributed by atoms with Gasteiger partial charge >= 0.3 is 11.9 Å². The maximum Gasteiger partial charge on any atom is 0.338 e. The predicted molar refractivity (Wildman–Crippen MR) is 172 cm³/mol. The van der Waals surface area contributed by atoms with Gasteiger partial charge in [-0.15, -0.1) is 0 Å². The first kappa shape index (κ1) is 30.0. The predicted octanol–water partition coefficient (Wildman–Crippen LogP) is 7.86. The van der Waals surface area contributed by atoms with Gasteiger partial charge in [0.2, 0.25) is 0 Å². The molecule has 0 saturated heterocycles. The molecule has 0 radical (unpaired) electrons. The number of nitrogens with one attached hydrogen (secondary N) is 2. The fourth-order valence-electron chi connectivity index (χ4n) is 6.67. The smallest absolute Gasteiger partial charge is 0.338 e. The fourth-order valence-corrected chi connectivity index (χ4v) is 6.67. The Morgan fingerprint density at radius 1 is 0.953 bits per heavy atom. The van der Waals surface area contributed by atoms with Gasteiger partial charge in [-0.2, -0.15) is 0 Å². The monoisotopic (exact) mass is 580 g/mol. The van der Waals surface area contributed by atoms with Crippen LogP contribution in [0.2, 0.25) is 0 Å². The Morgan fingerprint density at radius 2 is 1.65 bits per heavy atom. The molecule has 0 aromatic carbocycles. The Kier molecular flexibility index (Phi) is 8.14. The van der Waals surface area contributed by atoms with E-state index in [1.165, 1.54) is 0 Å². The Hall–Kier alpha value is -4.46. The van der Waals surface area contributed by atoms with Gasteiger partial charge in [0.15, 0.2) is 0 Å². The lowest BCUT2D eigenvalue weighted by Crippen LogP contribution is -2.12. The SMILES string of the molecule is C=Cc1c(C)c2cc3nc(c(CC(=O)O)c4nc(cc5[nH]c(cc1[nH]2)c(C)c5CC)C(C)=C4C(=O)O)[C@@H](CCCC)[C@@H]3C. The fraction of sp³-hybridized carbons (Fsp3) is 0.371. The molecule has 5 rings (SSSR count). The van der Waals surface area contributed by atoms with Gasteiger partial charge in [0.05, 0.1) is 29.1 Å². The van der Waals surface area contributed by atoms with E-state index < -0.39 is 11.9 Å². The third-order valence-electron chi connectivity index (χ3n) is 9.14. The molecule has 5 heterocycles. The highest BCUT2D eigenvalue weighted by Gasteiger charge is 2.35. The molecule has 224 valence electrons. The van der Waals surface area contributed by atoms with Crippen LogP contribution in [0.25, 0.3) is 39.3 Å². The summed E-state index contributed by atoms with van der Waals surface area (Å²) >= 11 is 0. The van der Waals surface area contributed by atoms with Crippen molar-refractivity contribution in [3.05, 3.63) is 75.4 Å². The van der Waals surface area contributed by atoms with Crippen molar-refractivity contribution in [3.63, 3.8) is 0 Å². The number of hydrogen-bond donors (Lipinski definition) is 4. The summed E-state index contributed by atoms with van der Waals surface area (Å²) in [6, 6.07) is 6.03. The van der Waals surface area contributed by atoms with Crippen molar-refractivity contribution in [2.45, 2.75) is 85.5 Å². The van der Waals surface area contributed by atoms with E-state index in [1.807, 2.05) is 18.2 Å². The molecule has 0 amide bonds. The van der Waals surface area contributed by atoms with Crippen molar-refractivity contribution in [2.75, 3.05) is 0 Å². The number of carboxylic acid groups (broad SMARTS) is 2. The maximum atomic E-state index is 12.7. The summed E-state index contributed by atoms with van der Waals surface area (Å²) in [5, 5.41) is 20.4. The van der Waals surface area contributed by atoms with Crippen LogP contribution in [0.1, 0.15) is 109 Å². The minimum atomic E-state index is -1.13. The molecule has 2 aliphatic rings. The highest BCUT2D eigenvalue weighted by atomic mass is 16.4. The molecule has 0 spiro atoms. The zero-order valence-electron chi connectivity index (χ0n) is 25.8. The van der Waals surface area contributed by atoms with E-state index in [0.717, 1.165) is 75.7 Å². The van der Waals surface area contributed by atoms with Gasteiger partial charge in [-0.25, -0.2) is 9.78 Å². The van der Waals surface area contributed by atoms with E-state index in [2.05, 4.69) is 57.2 Å². The minimum absolute atomic E-state index is 0.00129. The Bertz CT molecular complexity index is 1860. The molecule has 0 unspecified atom stereocenters. The second-order valence-corrected chi connectivity index (χ2v) is 11.7. The molecule has 0 fully saturated rings. The number of carbonyl (C=O) groups is 2. The van der Waals surface area contributed by atoms with Crippen molar-refractivity contribution in [2.24, 2.45) is 0 Å². The molecule has 8 nitrogen and oxygen atoms in total. The molecule has 4 N–H and O–H groups in total. The van der Waals surface area contributed by atoms with Gasteiger partial charge in [0, 0.05) is 50.7 Å². The number of aromatic nitrogens is 4. The minimum Gasteiger partial charge on any atom is -0.481 e. The normalized spacial score (nSPS) is 16.5. The molecule has 8 bridgehead atoms. The average molecular weight is 581 g/mol. The average Bonchev–Trinajstić information content (AvgIpc) is 3.63. The summed E-state index contributed by atoms with van der Waals surface area (Å²) < 4.78 is 0. The molecular formula is C35H40N4O4. The first-order valence-corrected chi connectivity index (χ1v) is 15.1. The lowest BCUT2D eigenvalue weighted by atomic mass is 9.84. The zero-order valence-corrected chi connectivity index (χ0v) is 25.8. The number of aliphatic carboxylic acids is 2. The summed E-state index contributed by atoms with van der Waals surface area (Å²) in [7, 11) is 0. The summed E-state index contributed by atoms with van der Waals surface area (Å²) in [6.45, 7) is 16.3. The van der Waals surface area contributed by atoms with Crippen LogP contribution in [0.4, 0.5) is 0 Å². The summed E-state index contributed by atoms with van der Waals surface area (Å²) in [4.78, 5) is 42.1. The molecule has 43 heavy (non-hydrogen) atoms. The first-order chi connectivity index (χ1) is 20.5. The number of hydrogen-bond acceptors (Lipinski definition) is 4. The van der Waals surface area contributed by atoms with Crippen LogP contribution < -0.4 is 0 Å². The van der Waals surface area contributed by atoms with Gasteiger partial charge in [-0.3, -0.25) is 9.78 Å². The maximum absolute atomic E-state index is 12.7. The van der Waals surface area contributed by atoms with Gasteiger partial charge in [-0.1, -0.05) is 46.3 Å². The summed E-state index contributed by atoms with van der Waals surface area (Å²) in [5.74, 6) is -2.25. The third-order valence-corrected chi connectivity index (χ3v) is 9.14. The van der Waals surface area contributed by atoms with Gasteiger partial charge in [-0.05, 0) is 74.1 Å². The number of H-pyrrole nitrogens is 2. The van der Waals surface area contributed by atoms with Gasteiger partial charge < -0.3 is 20.2 Å². The van der Waals surface area contributed by atoms with Crippen LogP contribution in [0, 0.1) is 13.8 Å². The van der Waals surface area contributed by atoms with E-state index in [-0.39, 0.29) is 29.5 Å². The molecular weight excluding hydrogens is 540 g/mol. The number of unbranched alkanes of at least 4 members (excludes halogenated alkanes) is 1. The second-order valence-electron chi connectivity index (χ2n) is 11.7. The largest absolute Gasteiger partial charge is 0.481 e. The van der Waals surface area contributed by atoms with Crippen LogP contribution in [0.5, 0.6) is 0 Å². The number of allylic oxidation sites excluding steroid dienone is 1. The number of carboxylic acids is 2. The van der Waals surface area contributed by atoms with Crippen molar-refractivity contribution in [3.8, 4) is 0 Å². The number of nitrogens with zero attached hydrogens (tertiary/aromatic N) is 2. The molecule has 0 aliphatic carbocycles. The van der Waals surface area contributed by atoms with Crippen molar-refractivity contribution >= 4 is 51.2 Å². The van der Waals surface area contributed by atoms with Crippen LogP contribution in [0.15, 0.2) is 24.8 Å². The first-order valence-electron chi connectivity index (χ1n) is 15.1. The van der Waals surface area contributed by atoms with Crippen LogP contribution in [0.3, 0.4) is 0 Å². The highest BCUT2D eigenvalue weighted by molar-refractivity contribution is 6.24. The quantitative estimate of drug-likeness (QED) is 0.214. The van der Waals surface area contributed by atoms with Crippen molar-refractivity contribution < 1.29 is 19.8 Å². The van der Waals surface area contributed by atoms with E-state index in [0.29, 0.717) is 22.5 Å². The lowest BCUT2D eigenvalue weighted by Gasteiger charge is -2.18. The van der Waals surface area contributed by atoms with Crippen molar-refractivity contribution in [1.82, 2.24) is 19.9 Å². The van der Waals surface area contributed by atoms with E-state index in [9.17, 15) is 19.8 Å². The van der Waals surface area contributed by atoms with Crippen LogP contribution in [-0.2, 0) is 22.4 Å². The summed E-state index contributed by atoms with van der Waals surface area (Å²) in [5.41, 5.74) is 10.9. The molecule has 8 heteroatoms. The number of fused-ring (bicyclic) bond motifs is 8. The topological polar surface area (TPSA) is 132 Å². The number of aryl methyl sites for hydroxylation is 3. The van der Waals surface area contributed by atoms with E-state index >= 15 is 0 Å². The number of aromatic amines is 2. The molecule has 2 atom stereocenters. The second kappa shape index (κ2) is 11.7. The van der Waals surface area contributed by atoms with Crippen LogP contribution in [-0.4, -0.2) is 42.1 Å². The Labute approximate surface area is 251 Å². The van der Waals surface area contributed by atoms with Crippen LogP contribution >= 0.6 is 0 Å². The highest BCUT2D eigenvalue weighted by Crippen LogP contribution is 2.44. The molecule has 3 aromatic heterocycles. The molecule has 2 aliphatic heterocycles. The molecule has 3 aromatic rings. The molecule has 0 saturated carbocycles.